The van der Waals surface area contributed by atoms with Crippen molar-refractivity contribution >= 4 is 0 Å². The number of nitrogens with zero attached hydrogens (tertiary/aromatic N) is 5. The first-order chi connectivity index (χ1) is 14.7. The van der Waals surface area contributed by atoms with Gasteiger partial charge in [0.1, 0.15) is 17.7 Å². The van der Waals surface area contributed by atoms with Gasteiger partial charge in [-0.3, -0.25) is 0 Å². The molecule has 8 nitrogen and oxygen atoms in total. The van der Waals surface area contributed by atoms with Crippen molar-refractivity contribution in [2.75, 3.05) is 0 Å². The zero-order valence-corrected chi connectivity index (χ0v) is 16.2. The van der Waals surface area contributed by atoms with Crippen LogP contribution >= 0.6 is 0 Å². The number of aromatic nitrogens is 5. The van der Waals surface area contributed by atoms with Gasteiger partial charge in [-0.1, -0.05) is 40.2 Å². The minimum Gasteiger partial charge on any atom is -0.484 e. The Balaban J connectivity index is 1.29. The number of aryl methyl sites for hydroxylation is 1. The first-order valence-corrected chi connectivity index (χ1v) is 9.47. The predicted octanol–water partition coefficient (Wildman–Crippen LogP) is 3.63. The molecule has 1 aliphatic heterocycles. The summed E-state index contributed by atoms with van der Waals surface area (Å²) in [5.41, 5.74) is 3.62. The van der Waals surface area contributed by atoms with Gasteiger partial charge in [-0.15, -0.1) is 5.10 Å². The molecule has 2 aromatic carbocycles. The molecule has 1 atom stereocenters. The minimum atomic E-state index is -0.327. The molecule has 2 aromatic heterocycles. The molecule has 0 aliphatic carbocycles. The Morgan fingerprint density at radius 2 is 1.93 bits per heavy atom. The number of benzene rings is 2. The van der Waals surface area contributed by atoms with Crippen LogP contribution in [-0.2, 0) is 24.5 Å². The maximum absolute atomic E-state index is 13.0. The molecular weight excluding hydrogens is 389 g/mol. The molecule has 30 heavy (non-hydrogen) atoms. The van der Waals surface area contributed by atoms with Crippen LogP contribution in [0.5, 0.6) is 5.75 Å². The Bertz CT molecular complexity index is 1150. The summed E-state index contributed by atoms with van der Waals surface area (Å²) in [5, 5.41) is 12.4. The summed E-state index contributed by atoms with van der Waals surface area (Å²) in [6.45, 7) is 3.02. The molecule has 0 unspecified atom stereocenters. The molecular formula is C21H18FN5O3. The molecule has 0 bridgehead atoms. The predicted molar refractivity (Wildman–Crippen MR) is 103 cm³/mol. The van der Waals surface area contributed by atoms with E-state index in [-0.39, 0.29) is 24.4 Å². The van der Waals surface area contributed by atoms with Crippen LogP contribution < -0.4 is 4.74 Å². The van der Waals surface area contributed by atoms with Gasteiger partial charge in [0.05, 0.1) is 18.8 Å². The van der Waals surface area contributed by atoms with Crippen molar-refractivity contribution in [1.82, 2.24) is 25.1 Å². The summed E-state index contributed by atoms with van der Waals surface area (Å²) in [6, 6.07) is 14.0. The van der Waals surface area contributed by atoms with Gasteiger partial charge in [0.25, 0.3) is 5.89 Å². The van der Waals surface area contributed by atoms with Gasteiger partial charge in [0.2, 0.25) is 5.82 Å². The summed E-state index contributed by atoms with van der Waals surface area (Å²) in [4.78, 5) is 4.33. The van der Waals surface area contributed by atoms with Gasteiger partial charge in [0, 0.05) is 0 Å². The summed E-state index contributed by atoms with van der Waals surface area (Å²) in [6.07, 6.45) is -0.0856. The van der Waals surface area contributed by atoms with Crippen molar-refractivity contribution < 1.29 is 18.4 Å². The number of ether oxygens (including phenoxy) is 2. The van der Waals surface area contributed by atoms with Crippen LogP contribution in [0, 0.1) is 12.7 Å². The Hall–Kier alpha value is -3.59. The van der Waals surface area contributed by atoms with Gasteiger partial charge in [-0.05, 0) is 36.8 Å². The van der Waals surface area contributed by atoms with Gasteiger partial charge in [-0.25, -0.2) is 9.07 Å². The second kappa shape index (κ2) is 7.68. The van der Waals surface area contributed by atoms with Crippen LogP contribution in [0.25, 0.3) is 11.5 Å². The minimum absolute atomic E-state index is 0.0636. The fraction of sp³-hybridized carbons (Fsp3) is 0.238. The number of hydrogen-bond acceptors (Lipinski definition) is 7. The van der Waals surface area contributed by atoms with Gasteiger partial charge < -0.3 is 14.0 Å². The molecule has 5 rings (SSSR count). The van der Waals surface area contributed by atoms with E-state index < -0.39 is 0 Å². The smallest absolute Gasteiger partial charge is 0.264 e. The molecule has 9 heteroatoms. The lowest BCUT2D eigenvalue weighted by Crippen LogP contribution is -2.22. The van der Waals surface area contributed by atoms with Crippen LogP contribution in [-0.4, -0.2) is 25.1 Å². The molecule has 0 spiro atoms. The Kier molecular flexibility index (Phi) is 4.72. The topological polar surface area (TPSA) is 88.1 Å². The van der Waals surface area contributed by atoms with Crippen LogP contribution in [0.4, 0.5) is 4.39 Å². The van der Waals surface area contributed by atoms with E-state index in [1.165, 1.54) is 29.8 Å². The zero-order chi connectivity index (χ0) is 20.5. The molecule has 3 heterocycles. The average molecular weight is 407 g/mol. The number of rotatable bonds is 5. The first kappa shape index (κ1) is 18.4. The van der Waals surface area contributed by atoms with Crippen LogP contribution in [0.2, 0.25) is 0 Å². The van der Waals surface area contributed by atoms with E-state index in [9.17, 15) is 4.39 Å². The lowest BCUT2D eigenvalue weighted by molar-refractivity contribution is -0.00112. The normalized spacial score (nSPS) is 15.7. The fourth-order valence-corrected chi connectivity index (χ4v) is 3.25. The third-order valence-electron chi connectivity index (χ3n) is 4.90. The van der Waals surface area contributed by atoms with Crippen molar-refractivity contribution in [3.63, 3.8) is 0 Å². The molecule has 0 radical (unpaired) electrons. The molecule has 0 saturated carbocycles. The molecule has 0 N–H and O–H groups in total. The molecule has 1 aliphatic rings. The molecule has 0 fully saturated rings. The summed E-state index contributed by atoms with van der Waals surface area (Å²) in [7, 11) is 0. The number of fused-ring (bicyclic) bond motifs is 1. The van der Waals surface area contributed by atoms with E-state index >= 15 is 0 Å². The van der Waals surface area contributed by atoms with Crippen molar-refractivity contribution in [1.29, 1.82) is 0 Å². The van der Waals surface area contributed by atoms with Crippen molar-refractivity contribution in [2.45, 2.75) is 32.8 Å². The van der Waals surface area contributed by atoms with Crippen LogP contribution in [0.15, 0.2) is 53.1 Å². The Morgan fingerprint density at radius 3 is 2.73 bits per heavy atom. The van der Waals surface area contributed by atoms with Crippen molar-refractivity contribution in [2.24, 2.45) is 0 Å². The van der Waals surface area contributed by atoms with Gasteiger partial charge in [0.15, 0.2) is 12.3 Å². The van der Waals surface area contributed by atoms with Gasteiger partial charge in [-0.2, -0.15) is 4.98 Å². The number of hydrogen-bond donors (Lipinski definition) is 0. The maximum Gasteiger partial charge on any atom is 0.264 e. The highest BCUT2D eigenvalue weighted by Gasteiger charge is 2.27. The SMILES string of the molecule is Cc1ccc([C@@H]2Cn3nnc(-c4noc(COc5ccc(F)cc5)n4)c3CO2)cc1. The number of halogens is 1. The van der Waals surface area contributed by atoms with Crippen LogP contribution in [0.3, 0.4) is 0 Å². The standard InChI is InChI=1S/C21H18FN5O3/c1-13-2-4-14(5-3-13)18-10-27-17(11-29-18)20(24-26-27)21-23-19(30-25-21)12-28-16-8-6-15(22)7-9-16/h2-9,18H,10-12H2,1H3/t18-/m0/s1. The van der Waals surface area contributed by atoms with E-state index in [4.69, 9.17) is 14.0 Å². The lowest BCUT2D eigenvalue weighted by Gasteiger charge is -2.24. The Morgan fingerprint density at radius 1 is 1.13 bits per heavy atom. The summed E-state index contributed by atoms with van der Waals surface area (Å²) in [5.74, 6) is 0.788. The molecule has 0 saturated heterocycles. The molecule has 0 amide bonds. The van der Waals surface area contributed by atoms with E-state index in [2.05, 4.69) is 51.6 Å². The molecule has 152 valence electrons. The summed E-state index contributed by atoms with van der Waals surface area (Å²) < 4.78 is 31.6. The van der Waals surface area contributed by atoms with E-state index in [0.717, 1.165) is 11.3 Å². The van der Waals surface area contributed by atoms with Gasteiger partial charge >= 0.3 is 0 Å². The zero-order valence-electron chi connectivity index (χ0n) is 16.2. The van der Waals surface area contributed by atoms with Crippen molar-refractivity contribution in [3.8, 4) is 17.3 Å². The lowest BCUT2D eigenvalue weighted by atomic mass is 10.1. The summed E-state index contributed by atoms with van der Waals surface area (Å²) >= 11 is 0. The average Bonchev–Trinajstić information content (AvgIpc) is 3.40. The van der Waals surface area contributed by atoms with E-state index in [0.29, 0.717) is 30.4 Å². The van der Waals surface area contributed by atoms with E-state index in [1.54, 1.807) is 0 Å². The highest BCUT2D eigenvalue weighted by Crippen LogP contribution is 2.30. The largest absolute Gasteiger partial charge is 0.484 e. The third-order valence-corrected chi connectivity index (χ3v) is 4.90. The maximum atomic E-state index is 13.0. The quantitative estimate of drug-likeness (QED) is 0.499. The first-order valence-electron chi connectivity index (χ1n) is 9.47. The van der Waals surface area contributed by atoms with E-state index in [1.807, 2.05) is 4.68 Å². The fourth-order valence-electron chi connectivity index (χ4n) is 3.25. The van der Waals surface area contributed by atoms with Crippen molar-refractivity contribution in [3.05, 3.63) is 77.1 Å². The third kappa shape index (κ3) is 3.67. The highest BCUT2D eigenvalue weighted by atomic mass is 19.1. The van der Waals surface area contributed by atoms with Crippen LogP contribution in [0.1, 0.15) is 28.8 Å². The molecule has 4 aromatic rings. The second-order valence-corrected chi connectivity index (χ2v) is 7.03. The monoisotopic (exact) mass is 407 g/mol. The Labute approximate surface area is 171 Å². The highest BCUT2D eigenvalue weighted by molar-refractivity contribution is 5.51. The second-order valence-electron chi connectivity index (χ2n) is 7.03.